The first kappa shape index (κ1) is 16.0. The highest BCUT2D eigenvalue weighted by molar-refractivity contribution is 9.10. The van der Waals surface area contributed by atoms with E-state index in [4.69, 9.17) is 10.5 Å². The fourth-order valence-electron chi connectivity index (χ4n) is 1.55. The molecule has 106 valence electrons. The first-order chi connectivity index (χ1) is 8.69. The number of carbonyl (C=O) groups excluding carboxylic acids is 1. The fourth-order valence-corrected chi connectivity index (χ4v) is 1.97. The summed E-state index contributed by atoms with van der Waals surface area (Å²) in [6, 6.07) is 7.52. The Hall–Kier alpha value is -1.07. The Labute approximate surface area is 123 Å². The van der Waals surface area contributed by atoms with Crippen LogP contribution in [0.25, 0.3) is 0 Å². The second kappa shape index (κ2) is 6.39. The molecule has 0 aromatic heterocycles. The highest BCUT2D eigenvalue weighted by atomic mass is 79.9. The van der Waals surface area contributed by atoms with Crippen LogP contribution in [0.3, 0.4) is 0 Å². The van der Waals surface area contributed by atoms with E-state index < -0.39 is 5.60 Å². The summed E-state index contributed by atoms with van der Waals surface area (Å²) >= 11 is 3.40. The molecule has 0 spiro atoms. The van der Waals surface area contributed by atoms with Crippen LogP contribution in [0, 0.1) is 0 Å². The van der Waals surface area contributed by atoms with Crippen LogP contribution in [-0.2, 0) is 4.74 Å². The van der Waals surface area contributed by atoms with E-state index in [0.717, 1.165) is 10.0 Å². The minimum atomic E-state index is -0.495. The summed E-state index contributed by atoms with van der Waals surface area (Å²) in [4.78, 5) is 13.3. The molecule has 2 N–H and O–H groups in total. The van der Waals surface area contributed by atoms with Gasteiger partial charge in [0.1, 0.15) is 5.60 Å². The van der Waals surface area contributed by atoms with Crippen LogP contribution >= 0.6 is 15.9 Å². The first-order valence-electron chi connectivity index (χ1n) is 6.14. The van der Waals surface area contributed by atoms with Crippen LogP contribution in [-0.4, -0.2) is 30.2 Å². The maximum atomic E-state index is 11.8. The molecule has 0 aliphatic rings. The lowest BCUT2D eigenvalue weighted by Gasteiger charge is -2.26. The first-order valence-corrected chi connectivity index (χ1v) is 6.93. The molecule has 1 aromatic carbocycles. The van der Waals surface area contributed by atoms with Crippen molar-refractivity contribution in [1.82, 2.24) is 4.90 Å². The molecule has 1 atom stereocenters. The third-order valence-corrected chi connectivity index (χ3v) is 2.95. The Morgan fingerprint density at radius 1 is 1.47 bits per heavy atom. The van der Waals surface area contributed by atoms with E-state index in [1.165, 1.54) is 4.90 Å². The number of nitrogens with zero attached hydrogens (tertiary/aromatic N) is 1. The largest absolute Gasteiger partial charge is 0.444 e. The summed E-state index contributed by atoms with van der Waals surface area (Å²) in [6.07, 6.45) is -0.363. The Morgan fingerprint density at radius 2 is 2.11 bits per heavy atom. The van der Waals surface area contributed by atoms with Gasteiger partial charge in [-0.3, -0.25) is 0 Å². The minimum Gasteiger partial charge on any atom is -0.444 e. The molecule has 0 aliphatic carbocycles. The van der Waals surface area contributed by atoms with Crippen LogP contribution in [0.5, 0.6) is 0 Å². The SMILES string of the molecule is CN(CC(N)c1cccc(Br)c1)C(=O)OC(C)(C)C. The van der Waals surface area contributed by atoms with Gasteiger partial charge in [-0.1, -0.05) is 28.1 Å². The third-order valence-electron chi connectivity index (χ3n) is 2.45. The molecule has 1 unspecified atom stereocenters. The molecule has 1 rings (SSSR count). The van der Waals surface area contributed by atoms with Crippen molar-refractivity contribution in [2.45, 2.75) is 32.4 Å². The summed E-state index contributed by atoms with van der Waals surface area (Å²) in [6.45, 7) is 5.93. The van der Waals surface area contributed by atoms with Crippen LogP contribution in [0.2, 0.25) is 0 Å². The van der Waals surface area contributed by atoms with Gasteiger partial charge in [0.2, 0.25) is 0 Å². The second-order valence-electron chi connectivity index (χ2n) is 5.52. The number of amides is 1. The van der Waals surface area contributed by atoms with Gasteiger partial charge in [0.15, 0.2) is 0 Å². The van der Waals surface area contributed by atoms with Crippen molar-refractivity contribution >= 4 is 22.0 Å². The minimum absolute atomic E-state index is 0.241. The molecule has 19 heavy (non-hydrogen) atoms. The predicted octanol–water partition coefficient (Wildman–Crippen LogP) is 3.32. The van der Waals surface area contributed by atoms with E-state index in [9.17, 15) is 4.79 Å². The van der Waals surface area contributed by atoms with Crippen molar-refractivity contribution in [2.75, 3.05) is 13.6 Å². The number of benzene rings is 1. The second-order valence-corrected chi connectivity index (χ2v) is 6.44. The van der Waals surface area contributed by atoms with Gasteiger partial charge in [-0.25, -0.2) is 4.79 Å². The summed E-state index contributed by atoms with van der Waals surface area (Å²) in [5.41, 5.74) is 6.58. The average Bonchev–Trinajstić information content (AvgIpc) is 2.26. The van der Waals surface area contributed by atoms with Crippen molar-refractivity contribution in [2.24, 2.45) is 5.73 Å². The lowest BCUT2D eigenvalue weighted by Crippen LogP contribution is -2.38. The summed E-state index contributed by atoms with van der Waals surface area (Å²) in [5.74, 6) is 0. The van der Waals surface area contributed by atoms with Gasteiger partial charge >= 0.3 is 6.09 Å². The van der Waals surface area contributed by atoms with Gasteiger partial charge in [-0.05, 0) is 38.5 Å². The normalized spacial score (nSPS) is 12.9. The number of ether oxygens (including phenoxy) is 1. The molecular formula is C14H21BrN2O2. The Morgan fingerprint density at radius 3 is 2.63 bits per heavy atom. The molecule has 1 amide bonds. The van der Waals surface area contributed by atoms with Crippen molar-refractivity contribution in [3.63, 3.8) is 0 Å². The Balaban J connectivity index is 2.61. The predicted molar refractivity (Wildman–Crippen MR) is 79.9 cm³/mol. The number of nitrogens with two attached hydrogens (primary N) is 1. The summed E-state index contributed by atoms with van der Waals surface area (Å²) in [5, 5.41) is 0. The fraction of sp³-hybridized carbons (Fsp3) is 0.500. The van der Waals surface area contributed by atoms with Crippen LogP contribution in [0.15, 0.2) is 28.7 Å². The van der Waals surface area contributed by atoms with E-state index in [-0.39, 0.29) is 12.1 Å². The van der Waals surface area contributed by atoms with Gasteiger partial charge in [0.25, 0.3) is 0 Å². The summed E-state index contributed by atoms with van der Waals surface area (Å²) in [7, 11) is 1.69. The maximum Gasteiger partial charge on any atom is 0.410 e. The van der Waals surface area contributed by atoms with Crippen molar-refractivity contribution < 1.29 is 9.53 Å². The molecule has 1 aromatic rings. The molecule has 0 bridgehead atoms. The molecule has 0 aliphatic heterocycles. The molecule has 0 saturated heterocycles. The van der Waals surface area contributed by atoms with Crippen LogP contribution in [0.4, 0.5) is 4.79 Å². The van der Waals surface area contributed by atoms with Crippen molar-refractivity contribution in [1.29, 1.82) is 0 Å². The third kappa shape index (κ3) is 5.61. The highest BCUT2D eigenvalue weighted by Crippen LogP contribution is 2.18. The van der Waals surface area contributed by atoms with Gasteiger partial charge in [0, 0.05) is 24.1 Å². The maximum absolute atomic E-state index is 11.8. The highest BCUT2D eigenvalue weighted by Gasteiger charge is 2.21. The average molecular weight is 329 g/mol. The number of likely N-dealkylation sites (N-methyl/N-ethyl adjacent to an activating group) is 1. The lowest BCUT2D eigenvalue weighted by molar-refractivity contribution is 0.0289. The zero-order valence-corrected chi connectivity index (χ0v) is 13.4. The van der Waals surface area contributed by atoms with Gasteiger partial charge in [-0.2, -0.15) is 0 Å². The van der Waals surface area contributed by atoms with E-state index >= 15 is 0 Å². The summed E-state index contributed by atoms with van der Waals surface area (Å²) < 4.78 is 6.25. The molecule has 0 saturated carbocycles. The zero-order valence-electron chi connectivity index (χ0n) is 11.8. The molecule has 0 heterocycles. The number of hydrogen-bond acceptors (Lipinski definition) is 3. The molecule has 0 radical (unpaired) electrons. The van der Waals surface area contributed by atoms with Gasteiger partial charge < -0.3 is 15.4 Å². The van der Waals surface area contributed by atoms with Gasteiger partial charge in [-0.15, -0.1) is 0 Å². The van der Waals surface area contributed by atoms with Crippen LogP contribution < -0.4 is 5.73 Å². The van der Waals surface area contributed by atoms with E-state index in [0.29, 0.717) is 6.54 Å². The number of halogens is 1. The van der Waals surface area contributed by atoms with Crippen molar-refractivity contribution in [3.8, 4) is 0 Å². The topological polar surface area (TPSA) is 55.6 Å². The van der Waals surface area contributed by atoms with Gasteiger partial charge in [0.05, 0.1) is 0 Å². The zero-order chi connectivity index (χ0) is 14.6. The van der Waals surface area contributed by atoms with Crippen LogP contribution in [0.1, 0.15) is 32.4 Å². The van der Waals surface area contributed by atoms with Crippen molar-refractivity contribution in [3.05, 3.63) is 34.3 Å². The number of rotatable bonds is 3. The number of hydrogen-bond donors (Lipinski definition) is 1. The standard InChI is InChI=1S/C14H21BrN2O2/c1-14(2,3)19-13(18)17(4)9-12(16)10-6-5-7-11(15)8-10/h5-8,12H,9,16H2,1-4H3. The van der Waals surface area contributed by atoms with E-state index in [1.807, 2.05) is 45.0 Å². The van der Waals surface area contributed by atoms with E-state index in [1.54, 1.807) is 7.05 Å². The molecule has 4 nitrogen and oxygen atoms in total. The number of carbonyl (C=O) groups is 1. The Bertz CT molecular complexity index is 443. The molecule has 5 heteroatoms. The smallest absolute Gasteiger partial charge is 0.410 e. The Kier molecular flexibility index (Phi) is 5.38. The van der Waals surface area contributed by atoms with E-state index in [2.05, 4.69) is 15.9 Å². The molecular weight excluding hydrogens is 308 g/mol. The lowest BCUT2D eigenvalue weighted by atomic mass is 10.1. The molecule has 0 fully saturated rings. The quantitative estimate of drug-likeness (QED) is 0.925. The monoisotopic (exact) mass is 328 g/mol.